The van der Waals surface area contributed by atoms with E-state index in [1.807, 2.05) is 19.9 Å². The molecule has 6 heteroatoms. The van der Waals surface area contributed by atoms with Crippen molar-refractivity contribution in [1.29, 1.82) is 0 Å². The molecule has 1 N–H and O–H groups in total. The van der Waals surface area contributed by atoms with Crippen LogP contribution in [0, 0.1) is 25.5 Å². The fraction of sp³-hybridized carbons (Fsp3) is 0.200. The summed E-state index contributed by atoms with van der Waals surface area (Å²) < 4.78 is 28.6. The Balaban J connectivity index is 1.75. The van der Waals surface area contributed by atoms with Crippen molar-refractivity contribution in [2.24, 2.45) is 0 Å². The molecular formula is C20H19F2N3O. The molecule has 26 heavy (non-hydrogen) atoms. The number of benzene rings is 2. The summed E-state index contributed by atoms with van der Waals surface area (Å²) in [5, 5.41) is 7.13. The molecule has 134 valence electrons. The van der Waals surface area contributed by atoms with Crippen LogP contribution in [0.4, 0.5) is 8.78 Å². The van der Waals surface area contributed by atoms with E-state index < -0.39 is 17.7 Å². The monoisotopic (exact) mass is 355 g/mol. The van der Waals surface area contributed by atoms with E-state index in [0.29, 0.717) is 5.56 Å². The Labute approximate surface area is 150 Å². The molecular weight excluding hydrogens is 336 g/mol. The number of amides is 1. The number of hydrogen-bond donors (Lipinski definition) is 1. The summed E-state index contributed by atoms with van der Waals surface area (Å²) in [6, 6.07) is 11.7. The lowest BCUT2D eigenvalue weighted by molar-refractivity contribution is 0.0939. The van der Waals surface area contributed by atoms with Crippen LogP contribution in [0.5, 0.6) is 0 Å². The van der Waals surface area contributed by atoms with Crippen molar-refractivity contribution in [1.82, 2.24) is 15.1 Å². The maximum atomic E-state index is 13.8. The SMILES string of the molecule is Cc1cc(C)n(-c2ccc(C(=O)NC(C)c3ccc(F)cc3F)cc2)n1. The predicted octanol–water partition coefficient (Wildman–Crippen LogP) is 4.26. The summed E-state index contributed by atoms with van der Waals surface area (Å²) in [4.78, 5) is 12.4. The number of halogens is 2. The fourth-order valence-electron chi connectivity index (χ4n) is 2.85. The lowest BCUT2D eigenvalue weighted by Crippen LogP contribution is -2.27. The molecule has 1 amide bonds. The predicted molar refractivity (Wildman–Crippen MR) is 95.3 cm³/mol. The fourth-order valence-corrected chi connectivity index (χ4v) is 2.85. The van der Waals surface area contributed by atoms with Gasteiger partial charge in [0.05, 0.1) is 17.4 Å². The summed E-state index contributed by atoms with van der Waals surface area (Å²) in [5.74, 6) is -1.66. The molecule has 0 aliphatic carbocycles. The number of nitrogens with one attached hydrogen (secondary N) is 1. The second-order valence-electron chi connectivity index (χ2n) is 6.25. The van der Waals surface area contributed by atoms with Crippen LogP contribution in [0.25, 0.3) is 5.69 Å². The van der Waals surface area contributed by atoms with E-state index in [1.165, 1.54) is 12.1 Å². The Kier molecular flexibility index (Phi) is 4.84. The van der Waals surface area contributed by atoms with Gasteiger partial charge in [-0.1, -0.05) is 6.07 Å². The quantitative estimate of drug-likeness (QED) is 0.760. The Morgan fingerprint density at radius 1 is 1.08 bits per heavy atom. The number of aromatic nitrogens is 2. The number of rotatable bonds is 4. The maximum absolute atomic E-state index is 13.8. The molecule has 3 aromatic rings. The van der Waals surface area contributed by atoms with E-state index in [4.69, 9.17) is 0 Å². The van der Waals surface area contributed by atoms with E-state index in [-0.39, 0.29) is 11.5 Å². The molecule has 3 rings (SSSR count). The van der Waals surface area contributed by atoms with Crippen LogP contribution in [0.1, 0.15) is 40.3 Å². The maximum Gasteiger partial charge on any atom is 0.251 e. The molecule has 1 heterocycles. The van der Waals surface area contributed by atoms with Gasteiger partial charge in [-0.2, -0.15) is 5.10 Å². The van der Waals surface area contributed by atoms with Gasteiger partial charge in [-0.05, 0) is 57.2 Å². The van der Waals surface area contributed by atoms with Crippen molar-refractivity contribution < 1.29 is 13.6 Å². The average Bonchev–Trinajstić information content (AvgIpc) is 2.93. The summed E-state index contributed by atoms with van der Waals surface area (Å²) in [7, 11) is 0. The van der Waals surface area contributed by atoms with Gasteiger partial charge in [0.15, 0.2) is 0 Å². The number of hydrogen-bond acceptors (Lipinski definition) is 2. The third kappa shape index (κ3) is 3.64. The van der Waals surface area contributed by atoms with Gasteiger partial charge < -0.3 is 5.32 Å². The van der Waals surface area contributed by atoms with Crippen LogP contribution < -0.4 is 5.32 Å². The van der Waals surface area contributed by atoms with Gasteiger partial charge in [-0.15, -0.1) is 0 Å². The van der Waals surface area contributed by atoms with Crippen molar-refractivity contribution in [3.05, 3.63) is 82.7 Å². The third-order valence-electron chi connectivity index (χ3n) is 4.16. The van der Waals surface area contributed by atoms with E-state index in [1.54, 1.807) is 35.9 Å². The molecule has 1 atom stereocenters. The van der Waals surface area contributed by atoms with Crippen LogP contribution >= 0.6 is 0 Å². The smallest absolute Gasteiger partial charge is 0.251 e. The van der Waals surface area contributed by atoms with Gasteiger partial charge >= 0.3 is 0 Å². The normalized spacial score (nSPS) is 12.0. The molecule has 2 aromatic carbocycles. The highest BCUT2D eigenvalue weighted by molar-refractivity contribution is 5.94. The minimum absolute atomic E-state index is 0.235. The summed E-state index contributed by atoms with van der Waals surface area (Å²) in [6.45, 7) is 5.53. The summed E-state index contributed by atoms with van der Waals surface area (Å²) >= 11 is 0. The van der Waals surface area contributed by atoms with E-state index in [9.17, 15) is 13.6 Å². The van der Waals surface area contributed by atoms with Crippen LogP contribution in [0.3, 0.4) is 0 Å². The molecule has 0 saturated heterocycles. The largest absolute Gasteiger partial charge is 0.345 e. The van der Waals surface area contributed by atoms with Gasteiger partial charge in [0.1, 0.15) is 11.6 Å². The first kappa shape index (κ1) is 17.8. The highest BCUT2D eigenvalue weighted by atomic mass is 19.1. The first-order valence-corrected chi connectivity index (χ1v) is 8.24. The van der Waals surface area contributed by atoms with Gasteiger partial charge in [0.2, 0.25) is 0 Å². The third-order valence-corrected chi connectivity index (χ3v) is 4.16. The highest BCUT2D eigenvalue weighted by Gasteiger charge is 2.15. The molecule has 0 saturated carbocycles. The Hall–Kier alpha value is -3.02. The second kappa shape index (κ2) is 7.07. The molecule has 0 radical (unpaired) electrons. The van der Waals surface area contributed by atoms with E-state index >= 15 is 0 Å². The molecule has 0 fully saturated rings. The van der Waals surface area contributed by atoms with Crippen molar-refractivity contribution in [2.75, 3.05) is 0 Å². The van der Waals surface area contributed by atoms with Crippen LogP contribution in [0.2, 0.25) is 0 Å². The number of nitrogens with zero attached hydrogens (tertiary/aromatic N) is 2. The zero-order valence-corrected chi connectivity index (χ0v) is 14.8. The van der Waals surface area contributed by atoms with Crippen molar-refractivity contribution in [2.45, 2.75) is 26.8 Å². The lowest BCUT2D eigenvalue weighted by atomic mass is 10.1. The Morgan fingerprint density at radius 3 is 2.35 bits per heavy atom. The average molecular weight is 355 g/mol. The molecule has 1 unspecified atom stereocenters. The Bertz CT molecular complexity index is 948. The van der Waals surface area contributed by atoms with Gasteiger partial charge in [0, 0.05) is 22.9 Å². The minimum atomic E-state index is -0.683. The van der Waals surface area contributed by atoms with Crippen molar-refractivity contribution >= 4 is 5.91 Å². The summed E-state index contributed by atoms with van der Waals surface area (Å²) in [6.07, 6.45) is 0. The van der Waals surface area contributed by atoms with Crippen molar-refractivity contribution in [3.63, 3.8) is 0 Å². The minimum Gasteiger partial charge on any atom is -0.345 e. The topological polar surface area (TPSA) is 46.9 Å². The van der Waals surface area contributed by atoms with E-state index in [0.717, 1.165) is 23.1 Å². The molecule has 0 spiro atoms. The molecule has 1 aromatic heterocycles. The zero-order chi connectivity index (χ0) is 18.8. The highest BCUT2D eigenvalue weighted by Crippen LogP contribution is 2.19. The number of carbonyl (C=O) groups excluding carboxylic acids is 1. The van der Waals surface area contributed by atoms with Crippen LogP contribution in [0.15, 0.2) is 48.5 Å². The van der Waals surface area contributed by atoms with Gasteiger partial charge in [0.25, 0.3) is 5.91 Å². The molecule has 0 aliphatic rings. The molecule has 0 aliphatic heterocycles. The van der Waals surface area contributed by atoms with Crippen molar-refractivity contribution in [3.8, 4) is 5.69 Å². The number of aryl methyl sites for hydroxylation is 2. The number of carbonyl (C=O) groups is 1. The van der Waals surface area contributed by atoms with Crippen LogP contribution in [-0.2, 0) is 0 Å². The van der Waals surface area contributed by atoms with Gasteiger partial charge in [-0.3, -0.25) is 4.79 Å². The lowest BCUT2D eigenvalue weighted by Gasteiger charge is -2.15. The summed E-state index contributed by atoms with van der Waals surface area (Å²) in [5.41, 5.74) is 3.45. The van der Waals surface area contributed by atoms with Gasteiger partial charge in [-0.25, -0.2) is 13.5 Å². The second-order valence-corrected chi connectivity index (χ2v) is 6.25. The molecule has 0 bridgehead atoms. The first-order chi connectivity index (χ1) is 12.3. The Morgan fingerprint density at radius 2 is 1.77 bits per heavy atom. The van der Waals surface area contributed by atoms with Crippen LogP contribution in [-0.4, -0.2) is 15.7 Å². The molecule has 4 nitrogen and oxygen atoms in total. The zero-order valence-electron chi connectivity index (χ0n) is 14.8. The first-order valence-electron chi connectivity index (χ1n) is 8.24. The standard InChI is InChI=1S/C20H19F2N3O/c1-12-10-13(2)25(24-12)17-7-4-15(5-8-17)20(26)23-14(3)18-9-6-16(21)11-19(18)22/h4-11,14H,1-3H3,(H,23,26). The van der Waals surface area contributed by atoms with E-state index in [2.05, 4.69) is 10.4 Å².